The molecule has 0 aliphatic heterocycles. The predicted molar refractivity (Wildman–Crippen MR) is 106 cm³/mol. The fraction of sp³-hybridized carbons (Fsp3) is 0.105. The molecule has 0 bridgehead atoms. The third-order valence-electron chi connectivity index (χ3n) is 3.77. The minimum absolute atomic E-state index is 0.141. The Kier molecular flexibility index (Phi) is 5.65. The minimum Gasteiger partial charge on any atom is -0.495 e. The van der Waals surface area contributed by atoms with Crippen molar-refractivity contribution < 1.29 is 13.2 Å². The molecule has 1 heterocycles. The molecule has 0 saturated carbocycles. The van der Waals surface area contributed by atoms with Crippen LogP contribution < -0.4 is 4.74 Å². The van der Waals surface area contributed by atoms with E-state index in [0.717, 1.165) is 11.1 Å². The van der Waals surface area contributed by atoms with E-state index in [2.05, 4.69) is 20.9 Å². The molecular formula is C19H15BrClNO3S. The van der Waals surface area contributed by atoms with Crippen LogP contribution in [0.4, 0.5) is 0 Å². The highest BCUT2D eigenvalue weighted by atomic mass is 79.9. The lowest BCUT2D eigenvalue weighted by atomic mass is 10.1. The second kappa shape index (κ2) is 7.78. The van der Waals surface area contributed by atoms with Gasteiger partial charge in [-0.15, -0.1) is 0 Å². The quantitative estimate of drug-likeness (QED) is 0.537. The maximum absolute atomic E-state index is 12.9. The monoisotopic (exact) mass is 451 g/mol. The Hall–Kier alpha value is -1.89. The average molecular weight is 453 g/mol. The predicted octanol–water partition coefficient (Wildman–Crippen LogP) is 5.15. The molecule has 1 aromatic heterocycles. The Bertz CT molecular complexity index is 1050. The summed E-state index contributed by atoms with van der Waals surface area (Å²) in [6.07, 6.45) is 3.23. The van der Waals surface area contributed by atoms with Crippen LogP contribution in [0.3, 0.4) is 0 Å². The number of methoxy groups -OCH3 is 1. The fourth-order valence-corrected chi connectivity index (χ4v) is 4.80. The van der Waals surface area contributed by atoms with Gasteiger partial charge in [-0.25, -0.2) is 8.42 Å². The number of aromatic nitrogens is 1. The summed E-state index contributed by atoms with van der Waals surface area (Å²) in [4.78, 5) is 4.32. The SMILES string of the molecule is COc1ccc(Br)cc1S(=O)(=O)Cc1cncc(-c2cccc(Cl)c2)c1. The highest BCUT2D eigenvalue weighted by molar-refractivity contribution is 9.10. The summed E-state index contributed by atoms with van der Waals surface area (Å²) in [5.41, 5.74) is 2.27. The van der Waals surface area contributed by atoms with Crippen LogP contribution in [0, 0.1) is 0 Å². The lowest BCUT2D eigenvalue weighted by Gasteiger charge is -2.11. The summed E-state index contributed by atoms with van der Waals surface area (Å²) >= 11 is 9.34. The Morgan fingerprint density at radius 2 is 1.88 bits per heavy atom. The molecule has 4 nitrogen and oxygen atoms in total. The number of pyridine rings is 1. The lowest BCUT2D eigenvalue weighted by molar-refractivity contribution is 0.402. The van der Waals surface area contributed by atoms with E-state index in [-0.39, 0.29) is 10.6 Å². The molecule has 2 aromatic carbocycles. The third-order valence-corrected chi connectivity index (χ3v) is 6.20. The third kappa shape index (κ3) is 4.26. The van der Waals surface area contributed by atoms with Crippen LogP contribution in [0.1, 0.15) is 5.56 Å². The van der Waals surface area contributed by atoms with Gasteiger partial charge in [-0.1, -0.05) is 39.7 Å². The highest BCUT2D eigenvalue weighted by Crippen LogP contribution is 2.30. The normalized spacial score (nSPS) is 11.3. The molecule has 0 spiro atoms. The standard InChI is InChI=1S/C19H15BrClNO3S/c1-25-18-6-5-16(20)9-19(18)26(23,24)12-13-7-15(11-22-10-13)14-3-2-4-17(21)8-14/h2-11H,12H2,1H3. The summed E-state index contributed by atoms with van der Waals surface area (Å²) in [6, 6.07) is 14.0. The Balaban J connectivity index is 1.96. The van der Waals surface area contributed by atoms with Crippen LogP contribution in [-0.4, -0.2) is 20.5 Å². The summed E-state index contributed by atoms with van der Waals surface area (Å²) in [5.74, 6) is 0.133. The Morgan fingerprint density at radius 1 is 1.08 bits per heavy atom. The van der Waals surface area contributed by atoms with Gasteiger partial charge in [0.15, 0.2) is 9.84 Å². The summed E-state index contributed by atoms with van der Waals surface area (Å²) < 4.78 is 31.6. The van der Waals surface area contributed by atoms with Gasteiger partial charge < -0.3 is 4.74 Å². The first-order chi connectivity index (χ1) is 12.4. The molecule has 3 aromatic rings. The van der Waals surface area contributed by atoms with E-state index in [9.17, 15) is 8.42 Å². The number of halogens is 2. The molecule has 0 atom stereocenters. The smallest absolute Gasteiger partial charge is 0.186 e. The van der Waals surface area contributed by atoms with E-state index >= 15 is 0 Å². The first-order valence-electron chi connectivity index (χ1n) is 7.65. The van der Waals surface area contributed by atoms with Crippen LogP contribution in [0.2, 0.25) is 5.02 Å². The van der Waals surface area contributed by atoms with Crippen molar-refractivity contribution in [1.82, 2.24) is 4.98 Å². The van der Waals surface area contributed by atoms with Crippen molar-refractivity contribution in [1.29, 1.82) is 0 Å². The zero-order valence-electron chi connectivity index (χ0n) is 13.8. The van der Waals surface area contributed by atoms with Gasteiger partial charge in [-0.05, 0) is 47.5 Å². The van der Waals surface area contributed by atoms with Gasteiger partial charge in [-0.2, -0.15) is 0 Å². The molecule has 0 fully saturated rings. The Morgan fingerprint density at radius 3 is 2.62 bits per heavy atom. The zero-order chi connectivity index (χ0) is 18.7. The molecule has 0 unspecified atom stereocenters. The fourth-order valence-electron chi connectivity index (χ4n) is 2.58. The number of rotatable bonds is 5. The number of ether oxygens (including phenoxy) is 1. The lowest BCUT2D eigenvalue weighted by Crippen LogP contribution is -2.07. The summed E-state index contributed by atoms with van der Waals surface area (Å²) in [6.45, 7) is 0. The number of nitrogens with zero attached hydrogens (tertiary/aromatic N) is 1. The zero-order valence-corrected chi connectivity index (χ0v) is 17.0. The van der Waals surface area contributed by atoms with Crippen molar-refractivity contribution in [2.45, 2.75) is 10.6 Å². The van der Waals surface area contributed by atoms with Crippen LogP contribution in [-0.2, 0) is 15.6 Å². The molecule has 7 heteroatoms. The topological polar surface area (TPSA) is 56.3 Å². The van der Waals surface area contributed by atoms with E-state index in [4.69, 9.17) is 16.3 Å². The molecule has 134 valence electrons. The van der Waals surface area contributed by atoms with Gasteiger partial charge in [0.2, 0.25) is 0 Å². The average Bonchev–Trinajstić information content (AvgIpc) is 2.61. The van der Waals surface area contributed by atoms with E-state index < -0.39 is 9.84 Å². The first-order valence-corrected chi connectivity index (χ1v) is 10.5. The van der Waals surface area contributed by atoms with Crippen molar-refractivity contribution in [2.75, 3.05) is 7.11 Å². The maximum atomic E-state index is 12.9. The number of benzene rings is 2. The second-order valence-corrected chi connectivity index (χ2v) is 8.96. The largest absolute Gasteiger partial charge is 0.495 e. The van der Waals surface area contributed by atoms with Crippen LogP contribution >= 0.6 is 27.5 Å². The molecule has 3 rings (SSSR count). The van der Waals surface area contributed by atoms with Crippen molar-refractivity contribution >= 4 is 37.4 Å². The van der Waals surface area contributed by atoms with Gasteiger partial charge in [0.1, 0.15) is 10.6 Å². The summed E-state index contributed by atoms with van der Waals surface area (Å²) in [7, 11) is -2.16. The molecule has 0 aliphatic carbocycles. The number of hydrogen-bond donors (Lipinski definition) is 0. The van der Waals surface area contributed by atoms with Crippen molar-refractivity contribution in [2.24, 2.45) is 0 Å². The molecule has 26 heavy (non-hydrogen) atoms. The van der Waals surface area contributed by atoms with E-state index in [1.807, 2.05) is 18.2 Å². The maximum Gasteiger partial charge on any atom is 0.186 e. The first kappa shape index (κ1) is 18.9. The van der Waals surface area contributed by atoms with Crippen LogP contribution in [0.15, 0.2) is 70.3 Å². The van der Waals surface area contributed by atoms with Gasteiger partial charge in [0, 0.05) is 27.5 Å². The molecular weight excluding hydrogens is 438 g/mol. The van der Waals surface area contributed by atoms with Gasteiger partial charge in [-0.3, -0.25) is 4.98 Å². The van der Waals surface area contributed by atoms with Crippen molar-refractivity contribution in [3.63, 3.8) is 0 Å². The minimum atomic E-state index is -3.61. The van der Waals surface area contributed by atoms with E-state index in [1.54, 1.807) is 42.7 Å². The van der Waals surface area contributed by atoms with Gasteiger partial charge >= 0.3 is 0 Å². The molecule has 0 aliphatic rings. The van der Waals surface area contributed by atoms with Crippen molar-refractivity contribution in [3.8, 4) is 16.9 Å². The number of hydrogen-bond acceptors (Lipinski definition) is 4. The van der Waals surface area contributed by atoms with Gasteiger partial charge in [0.05, 0.1) is 12.9 Å². The molecule has 0 radical (unpaired) electrons. The highest BCUT2D eigenvalue weighted by Gasteiger charge is 2.21. The molecule has 0 saturated heterocycles. The van der Waals surface area contributed by atoms with Crippen LogP contribution in [0.5, 0.6) is 5.75 Å². The number of sulfone groups is 1. The van der Waals surface area contributed by atoms with Crippen molar-refractivity contribution in [3.05, 3.63) is 76.0 Å². The molecule has 0 N–H and O–H groups in total. The summed E-state index contributed by atoms with van der Waals surface area (Å²) in [5, 5.41) is 0.611. The second-order valence-electron chi connectivity index (χ2n) is 5.65. The van der Waals surface area contributed by atoms with Crippen LogP contribution in [0.25, 0.3) is 11.1 Å². The van der Waals surface area contributed by atoms with E-state index in [1.165, 1.54) is 7.11 Å². The van der Waals surface area contributed by atoms with Gasteiger partial charge in [0.25, 0.3) is 0 Å². The molecule has 0 amide bonds. The Labute approximate surface area is 165 Å². The van der Waals surface area contributed by atoms with E-state index in [0.29, 0.717) is 20.8 Å².